The summed E-state index contributed by atoms with van der Waals surface area (Å²) in [6, 6.07) is 29.3. The highest BCUT2D eigenvalue weighted by molar-refractivity contribution is 5.15. The number of rotatable bonds is 13. The Morgan fingerprint density at radius 2 is 1.27 bits per heavy atom. The van der Waals surface area contributed by atoms with E-state index in [1.54, 1.807) is 13.0 Å². The molecule has 3 aromatic rings. The minimum Gasteiger partial charge on any atom is -0.374 e. The molecule has 196 valence electrons. The number of hydrogen-bond acceptors (Lipinski definition) is 5. The first kappa shape index (κ1) is 27.2. The zero-order valence-electron chi connectivity index (χ0n) is 21.2. The summed E-state index contributed by atoms with van der Waals surface area (Å²) in [6.45, 7) is 6.65. The molecule has 0 bridgehead atoms. The Kier molecular flexibility index (Phi) is 10.4. The maximum Gasteiger partial charge on any atom is 0.192 e. The minimum absolute atomic E-state index is 0.189. The highest BCUT2D eigenvalue weighted by atomic mass is 19.1. The lowest BCUT2D eigenvalue weighted by Crippen LogP contribution is -2.60. The third-order valence-corrected chi connectivity index (χ3v) is 6.22. The van der Waals surface area contributed by atoms with Crippen molar-refractivity contribution in [2.45, 2.75) is 63.6 Å². The molecule has 1 unspecified atom stereocenters. The quantitative estimate of drug-likeness (QED) is 0.265. The van der Waals surface area contributed by atoms with Crippen molar-refractivity contribution in [2.24, 2.45) is 0 Å². The molecule has 0 saturated carbocycles. The van der Waals surface area contributed by atoms with Crippen molar-refractivity contribution in [3.8, 4) is 0 Å². The molecule has 0 aromatic heterocycles. The van der Waals surface area contributed by atoms with Crippen LogP contribution in [0.3, 0.4) is 0 Å². The summed E-state index contributed by atoms with van der Waals surface area (Å²) in [7, 11) is 0. The lowest BCUT2D eigenvalue weighted by atomic mass is 9.99. The Balaban J connectivity index is 1.53. The fourth-order valence-electron chi connectivity index (χ4n) is 4.17. The van der Waals surface area contributed by atoms with E-state index in [-0.39, 0.29) is 19.8 Å². The summed E-state index contributed by atoms with van der Waals surface area (Å²) in [6.07, 6.45) is -3.76. The molecule has 6 atom stereocenters. The van der Waals surface area contributed by atoms with Crippen LogP contribution in [0.2, 0.25) is 0 Å². The molecule has 3 aromatic carbocycles. The first-order valence-electron chi connectivity index (χ1n) is 12.6. The van der Waals surface area contributed by atoms with Gasteiger partial charge in [0.15, 0.2) is 12.5 Å². The van der Waals surface area contributed by atoms with E-state index in [1.165, 1.54) is 0 Å². The number of alkyl halides is 1. The van der Waals surface area contributed by atoms with E-state index < -0.39 is 36.9 Å². The van der Waals surface area contributed by atoms with E-state index in [1.807, 2.05) is 91.0 Å². The summed E-state index contributed by atoms with van der Waals surface area (Å²) in [4.78, 5) is 0. The molecule has 1 aliphatic rings. The zero-order valence-corrected chi connectivity index (χ0v) is 21.2. The molecular formula is C31H35FO5. The molecule has 6 heteroatoms. The summed E-state index contributed by atoms with van der Waals surface area (Å²) in [5.41, 5.74) is 2.95. The van der Waals surface area contributed by atoms with E-state index in [0.29, 0.717) is 6.61 Å². The standard InChI is InChI=1S/C31H35FO5/c1-3-23(2)36-31-28(32)30(35-21-26-17-11-6-12-18-26)29(34-20-25-15-9-5-10-16-25)27(37-31)22-33-19-24-13-7-4-8-14-24/h3-18,23,27-31H,1,19-22H2,2H3/t23?,27-,28-,29+,30-,31-/m1/s1. The van der Waals surface area contributed by atoms with Gasteiger partial charge in [-0.15, -0.1) is 6.58 Å². The van der Waals surface area contributed by atoms with Crippen molar-refractivity contribution in [1.82, 2.24) is 0 Å². The molecule has 0 aliphatic carbocycles. The van der Waals surface area contributed by atoms with Gasteiger partial charge >= 0.3 is 0 Å². The molecule has 1 aliphatic heterocycles. The fourth-order valence-corrected chi connectivity index (χ4v) is 4.17. The van der Waals surface area contributed by atoms with E-state index in [4.69, 9.17) is 23.7 Å². The lowest BCUT2D eigenvalue weighted by Gasteiger charge is -2.43. The Hall–Kier alpha value is -2.87. The van der Waals surface area contributed by atoms with Crippen LogP contribution in [0.15, 0.2) is 104 Å². The van der Waals surface area contributed by atoms with Crippen LogP contribution < -0.4 is 0 Å². The Bertz CT molecular complexity index is 1050. The lowest BCUT2D eigenvalue weighted by molar-refractivity contribution is -0.310. The number of benzene rings is 3. The molecule has 4 rings (SSSR count). The van der Waals surface area contributed by atoms with Crippen molar-refractivity contribution in [1.29, 1.82) is 0 Å². The third-order valence-electron chi connectivity index (χ3n) is 6.22. The van der Waals surface area contributed by atoms with Crippen LogP contribution >= 0.6 is 0 Å². The van der Waals surface area contributed by atoms with Gasteiger partial charge in [-0.3, -0.25) is 0 Å². The van der Waals surface area contributed by atoms with Crippen molar-refractivity contribution < 1.29 is 28.1 Å². The van der Waals surface area contributed by atoms with E-state index in [0.717, 1.165) is 16.7 Å². The first-order valence-corrected chi connectivity index (χ1v) is 12.6. The maximum absolute atomic E-state index is 15.9. The van der Waals surface area contributed by atoms with E-state index >= 15 is 4.39 Å². The molecule has 0 amide bonds. The van der Waals surface area contributed by atoms with Crippen LogP contribution in [0.4, 0.5) is 4.39 Å². The number of hydrogen-bond donors (Lipinski definition) is 0. The first-order chi connectivity index (χ1) is 18.1. The SMILES string of the molecule is C=CC(C)O[C@@H]1O[C@H](COCc2ccccc2)[C@H](OCc2ccccc2)[C@H](OCc2ccccc2)[C@H]1F. The van der Waals surface area contributed by atoms with Gasteiger partial charge < -0.3 is 23.7 Å². The second kappa shape index (κ2) is 14.2. The highest BCUT2D eigenvalue weighted by Gasteiger charge is 2.49. The predicted octanol–water partition coefficient (Wildman–Crippen LogP) is 6.03. The molecule has 5 nitrogen and oxygen atoms in total. The monoisotopic (exact) mass is 506 g/mol. The van der Waals surface area contributed by atoms with E-state index in [2.05, 4.69) is 6.58 Å². The predicted molar refractivity (Wildman–Crippen MR) is 140 cm³/mol. The van der Waals surface area contributed by atoms with Crippen molar-refractivity contribution >= 4 is 0 Å². The van der Waals surface area contributed by atoms with Crippen molar-refractivity contribution in [3.05, 3.63) is 120 Å². The number of ether oxygens (including phenoxy) is 5. The van der Waals surface area contributed by atoms with Gasteiger partial charge in [0, 0.05) is 0 Å². The summed E-state index contributed by atoms with van der Waals surface area (Å²) >= 11 is 0. The molecule has 1 fully saturated rings. The van der Waals surface area contributed by atoms with Gasteiger partial charge in [-0.05, 0) is 23.6 Å². The fraction of sp³-hybridized carbons (Fsp3) is 0.355. The van der Waals surface area contributed by atoms with Crippen LogP contribution in [-0.4, -0.2) is 43.5 Å². The highest BCUT2D eigenvalue weighted by Crippen LogP contribution is 2.31. The van der Waals surface area contributed by atoms with Gasteiger partial charge in [-0.1, -0.05) is 97.1 Å². The van der Waals surface area contributed by atoms with Crippen LogP contribution in [0.5, 0.6) is 0 Å². The van der Waals surface area contributed by atoms with Crippen molar-refractivity contribution in [3.63, 3.8) is 0 Å². The molecule has 1 saturated heterocycles. The Morgan fingerprint density at radius 3 is 1.78 bits per heavy atom. The average molecular weight is 507 g/mol. The smallest absolute Gasteiger partial charge is 0.192 e. The molecule has 1 heterocycles. The molecular weight excluding hydrogens is 471 g/mol. The van der Waals surface area contributed by atoms with Crippen LogP contribution in [-0.2, 0) is 43.5 Å². The third kappa shape index (κ3) is 8.06. The zero-order chi connectivity index (χ0) is 25.9. The number of halogens is 1. The van der Waals surface area contributed by atoms with Crippen molar-refractivity contribution in [2.75, 3.05) is 6.61 Å². The van der Waals surface area contributed by atoms with Gasteiger partial charge in [0.1, 0.15) is 18.3 Å². The molecule has 0 N–H and O–H groups in total. The van der Waals surface area contributed by atoms with Crippen LogP contribution in [0, 0.1) is 0 Å². The summed E-state index contributed by atoms with van der Waals surface area (Å²) < 4.78 is 46.3. The van der Waals surface area contributed by atoms with Gasteiger partial charge in [0.2, 0.25) is 0 Å². The van der Waals surface area contributed by atoms with Crippen LogP contribution in [0.25, 0.3) is 0 Å². The second-order valence-corrected chi connectivity index (χ2v) is 9.09. The summed E-state index contributed by atoms with van der Waals surface area (Å²) in [5, 5.41) is 0. The second-order valence-electron chi connectivity index (χ2n) is 9.09. The largest absolute Gasteiger partial charge is 0.374 e. The summed E-state index contributed by atoms with van der Waals surface area (Å²) in [5.74, 6) is 0. The Labute approximate surface area is 218 Å². The van der Waals surface area contributed by atoms with Crippen LogP contribution in [0.1, 0.15) is 23.6 Å². The average Bonchev–Trinajstić information content (AvgIpc) is 2.94. The normalized spacial score (nSPS) is 24.4. The van der Waals surface area contributed by atoms with E-state index in [9.17, 15) is 0 Å². The topological polar surface area (TPSA) is 46.2 Å². The minimum atomic E-state index is -1.57. The maximum atomic E-state index is 15.9. The van der Waals surface area contributed by atoms with Gasteiger partial charge in [-0.2, -0.15) is 0 Å². The van der Waals surface area contributed by atoms with Gasteiger partial charge in [0.05, 0.1) is 32.5 Å². The molecule has 37 heavy (non-hydrogen) atoms. The molecule has 0 spiro atoms. The van der Waals surface area contributed by atoms with Gasteiger partial charge in [0.25, 0.3) is 0 Å². The Morgan fingerprint density at radius 1 is 0.784 bits per heavy atom. The van der Waals surface area contributed by atoms with Gasteiger partial charge in [-0.25, -0.2) is 4.39 Å². The molecule has 0 radical (unpaired) electrons.